The highest BCUT2D eigenvalue weighted by Gasteiger charge is 2.45. The fourth-order valence-corrected chi connectivity index (χ4v) is 7.33. The Hall–Kier alpha value is -4.97. The molecule has 3 aromatic heterocycles. The molecular formula is C37H34Cl2N6O5. The van der Waals surface area contributed by atoms with E-state index in [1.54, 1.807) is 25.4 Å². The summed E-state index contributed by atoms with van der Waals surface area (Å²) in [6, 6.07) is 18.6. The van der Waals surface area contributed by atoms with Crippen LogP contribution in [0.15, 0.2) is 77.9 Å². The monoisotopic (exact) mass is 712 g/mol. The van der Waals surface area contributed by atoms with Crippen LogP contribution in [0, 0.1) is 0 Å². The first-order valence-corrected chi connectivity index (χ1v) is 17.0. The first-order chi connectivity index (χ1) is 24.1. The standard InChI is InChI=1S/C37H34Cl2N6O5/c1-50-34-28(37(20-40)13-14-37)9-10-29(43-34)27-7-3-6-26(33(27)39)25-5-2-4-24(32(25)38)21-12-15-45-30(16-21)41-17-22(35(45)47)18-44(36(48)49)19-23-8-11-31(46)42-23/h2-7,9-10,12,15-17,23H,8,11,13-14,18-20,40H2,1H3,(H,42,46)(H,48,49)/t23-/m0/s1. The molecule has 4 heterocycles. The van der Waals surface area contributed by atoms with E-state index in [0.29, 0.717) is 57.8 Å². The number of pyridine rings is 2. The van der Waals surface area contributed by atoms with Crippen molar-refractivity contribution >= 4 is 40.8 Å². The summed E-state index contributed by atoms with van der Waals surface area (Å²) in [6.45, 7) is 0.457. The van der Waals surface area contributed by atoms with Gasteiger partial charge in [0.15, 0.2) is 0 Å². The van der Waals surface area contributed by atoms with E-state index in [0.717, 1.165) is 40.0 Å². The molecule has 11 nitrogen and oxygen atoms in total. The van der Waals surface area contributed by atoms with Crippen molar-refractivity contribution in [2.24, 2.45) is 5.73 Å². The number of hydrogen-bond donors (Lipinski definition) is 3. The third kappa shape index (κ3) is 6.17. The largest absolute Gasteiger partial charge is 0.481 e. The summed E-state index contributed by atoms with van der Waals surface area (Å²) in [5, 5.41) is 13.5. The maximum Gasteiger partial charge on any atom is 0.407 e. The lowest BCUT2D eigenvalue weighted by molar-refractivity contribution is -0.119. The van der Waals surface area contributed by atoms with Crippen molar-refractivity contribution in [1.82, 2.24) is 24.6 Å². The Morgan fingerprint density at radius 1 is 1.06 bits per heavy atom. The maximum atomic E-state index is 13.4. The van der Waals surface area contributed by atoms with Crippen LogP contribution >= 0.6 is 23.2 Å². The summed E-state index contributed by atoms with van der Waals surface area (Å²) in [4.78, 5) is 47.4. The highest BCUT2D eigenvalue weighted by Crippen LogP contribution is 2.50. The molecule has 4 N–H and O–H groups in total. The fourth-order valence-electron chi connectivity index (χ4n) is 6.67. The summed E-state index contributed by atoms with van der Waals surface area (Å²) < 4.78 is 7.05. The molecule has 0 unspecified atom stereocenters. The number of fused-ring (bicyclic) bond motifs is 1. The number of ether oxygens (including phenoxy) is 1. The van der Waals surface area contributed by atoms with E-state index < -0.39 is 6.09 Å². The molecule has 1 atom stereocenters. The lowest BCUT2D eigenvalue weighted by Gasteiger charge is -2.22. The average molecular weight is 714 g/mol. The number of hydrogen-bond acceptors (Lipinski definition) is 7. The number of methoxy groups -OCH3 is 1. The summed E-state index contributed by atoms with van der Waals surface area (Å²) in [5.41, 5.74) is 11.5. The smallest absolute Gasteiger partial charge is 0.407 e. The normalized spacial score (nSPS) is 16.3. The van der Waals surface area contributed by atoms with Gasteiger partial charge in [-0.25, -0.2) is 14.8 Å². The predicted molar refractivity (Wildman–Crippen MR) is 192 cm³/mol. The lowest BCUT2D eigenvalue weighted by atomic mass is 9.95. The van der Waals surface area contributed by atoms with Gasteiger partial charge in [-0.1, -0.05) is 65.7 Å². The van der Waals surface area contributed by atoms with Gasteiger partial charge in [0.2, 0.25) is 11.8 Å². The van der Waals surface area contributed by atoms with Crippen molar-refractivity contribution in [3.05, 3.63) is 105 Å². The Labute approximate surface area is 297 Å². The number of nitrogens with one attached hydrogen (secondary N) is 1. The number of benzene rings is 2. The molecule has 2 aliphatic rings. The van der Waals surface area contributed by atoms with Gasteiger partial charge < -0.3 is 25.8 Å². The molecule has 0 bridgehead atoms. The minimum atomic E-state index is -1.19. The van der Waals surface area contributed by atoms with Crippen molar-refractivity contribution in [3.8, 4) is 39.4 Å². The number of halogens is 2. The van der Waals surface area contributed by atoms with E-state index >= 15 is 0 Å². The van der Waals surface area contributed by atoms with Crippen molar-refractivity contribution in [3.63, 3.8) is 0 Å². The van der Waals surface area contributed by atoms with Gasteiger partial charge in [0.05, 0.1) is 35.0 Å². The molecule has 1 aliphatic carbocycles. The van der Waals surface area contributed by atoms with Crippen LogP contribution in [-0.4, -0.2) is 62.6 Å². The molecule has 1 saturated carbocycles. The summed E-state index contributed by atoms with van der Waals surface area (Å²) in [5.74, 6) is 0.432. The van der Waals surface area contributed by atoms with Gasteiger partial charge in [0, 0.05) is 71.2 Å². The zero-order chi connectivity index (χ0) is 35.2. The summed E-state index contributed by atoms with van der Waals surface area (Å²) in [7, 11) is 1.61. The van der Waals surface area contributed by atoms with Gasteiger partial charge in [-0.05, 0) is 43.0 Å². The summed E-state index contributed by atoms with van der Waals surface area (Å²) >= 11 is 14.1. The molecule has 13 heteroatoms. The van der Waals surface area contributed by atoms with Gasteiger partial charge in [-0.2, -0.15) is 0 Å². The molecule has 256 valence electrons. The number of carbonyl (C=O) groups is 2. The van der Waals surface area contributed by atoms with Crippen LogP contribution in [0.1, 0.15) is 36.8 Å². The number of nitrogens with zero attached hydrogens (tertiary/aromatic N) is 4. The Bertz CT molecular complexity index is 2220. The minimum absolute atomic E-state index is 0.0797. The molecule has 5 aromatic rings. The molecule has 7 rings (SSSR count). The number of aromatic nitrogens is 3. The van der Waals surface area contributed by atoms with Crippen LogP contribution in [0.2, 0.25) is 10.0 Å². The van der Waals surface area contributed by atoms with Crippen molar-refractivity contribution in [2.75, 3.05) is 20.2 Å². The Kier molecular flexibility index (Phi) is 8.98. The van der Waals surface area contributed by atoms with Gasteiger partial charge >= 0.3 is 6.09 Å². The predicted octanol–water partition coefficient (Wildman–Crippen LogP) is 6.15. The first-order valence-electron chi connectivity index (χ1n) is 16.2. The molecule has 0 spiro atoms. The molecule has 2 amide bonds. The summed E-state index contributed by atoms with van der Waals surface area (Å²) in [6.07, 6.45) is 4.71. The number of carboxylic acid groups (broad SMARTS) is 1. The quantitative estimate of drug-likeness (QED) is 0.156. The molecule has 0 radical (unpaired) electrons. The van der Waals surface area contributed by atoms with E-state index in [2.05, 4.69) is 10.3 Å². The van der Waals surface area contributed by atoms with Crippen LogP contribution in [0.25, 0.3) is 39.2 Å². The third-order valence-corrected chi connectivity index (χ3v) is 10.5. The zero-order valence-corrected chi connectivity index (χ0v) is 28.7. The number of amides is 2. The van der Waals surface area contributed by atoms with Gasteiger partial charge in [0.1, 0.15) is 5.65 Å². The van der Waals surface area contributed by atoms with Crippen LogP contribution in [0.3, 0.4) is 0 Å². The lowest BCUT2D eigenvalue weighted by Crippen LogP contribution is -2.42. The maximum absolute atomic E-state index is 13.4. The second-order valence-electron chi connectivity index (χ2n) is 12.8. The highest BCUT2D eigenvalue weighted by atomic mass is 35.5. The molecule has 50 heavy (non-hydrogen) atoms. The zero-order valence-electron chi connectivity index (χ0n) is 27.2. The van der Waals surface area contributed by atoms with Crippen molar-refractivity contribution in [2.45, 2.75) is 43.7 Å². The van der Waals surface area contributed by atoms with E-state index in [1.807, 2.05) is 48.5 Å². The van der Waals surface area contributed by atoms with Gasteiger partial charge in [0.25, 0.3) is 5.56 Å². The second kappa shape index (κ2) is 13.4. The third-order valence-electron chi connectivity index (χ3n) is 9.68. The number of carbonyl (C=O) groups excluding carboxylic acids is 1. The van der Waals surface area contributed by atoms with E-state index in [1.165, 1.54) is 10.6 Å². The Balaban J connectivity index is 1.18. The minimum Gasteiger partial charge on any atom is -0.481 e. The van der Waals surface area contributed by atoms with E-state index in [9.17, 15) is 19.5 Å². The van der Waals surface area contributed by atoms with E-state index in [-0.39, 0.29) is 41.6 Å². The van der Waals surface area contributed by atoms with Crippen LogP contribution in [-0.2, 0) is 16.8 Å². The molecule has 1 saturated heterocycles. The molecule has 2 fully saturated rings. The van der Waals surface area contributed by atoms with Crippen LogP contribution in [0.4, 0.5) is 4.79 Å². The topological polar surface area (TPSA) is 152 Å². The number of rotatable bonds is 10. The fraction of sp³-hybridized carbons (Fsp3) is 0.270. The van der Waals surface area contributed by atoms with Crippen molar-refractivity contribution in [1.29, 1.82) is 0 Å². The second-order valence-corrected chi connectivity index (χ2v) is 13.5. The van der Waals surface area contributed by atoms with Crippen LogP contribution < -0.4 is 21.3 Å². The molecule has 1 aliphatic heterocycles. The van der Waals surface area contributed by atoms with E-state index in [4.69, 9.17) is 38.7 Å². The molecule has 2 aromatic carbocycles. The first kappa shape index (κ1) is 33.5. The molecular weight excluding hydrogens is 679 g/mol. The van der Waals surface area contributed by atoms with Gasteiger partial charge in [-0.15, -0.1) is 0 Å². The Morgan fingerprint density at radius 3 is 2.40 bits per heavy atom. The van der Waals surface area contributed by atoms with Gasteiger partial charge in [-0.3, -0.25) is 14.0 Å². The van der Waals surface area contributed by atoms with Crippen molar-refractivity contribution < 1.29 is 19.4 Å². The Morgan fingerprint density at radius 2 is 1.76 bits per heavy atom. The number of nitrogens with two attached hydrogens (primary N) is 1. The van der Waals surface area contributed by atoms with Crippen LogP contribution in [0.5, 0.6) is 5.88 Å². The highest BCUT2D eigenvalue weighted by molar-refractivity contribution is 6.39. The average Bonchev–Trinajstić information content (AvgIpc) is 3.82. The SMILES string of the molecule is COc1nc(-c2cccc(-c3cccc(-c4ccn5c(=O)c(CN(C[C@@H]6CCC(=O)N6)C(=O)O)cnc5c4)c3Cl)c2Cl)ccc1C1(CN)CC1.